The average molecular weight is 405 g/mol. The number of nitrogens with zero attached hydrogens (tertiary/aromatic N) is 4. The zero-order valence-electron chi connectivity index (χ0n) is 15.7. The number of amides is 1. The lowest BCUT2D eigenvalue weighted by Gasteiger charge is -2.17. The van der Waals surface area contributed by atoms with E-state index in [1.165, 1.54) is 4.80 Å². The van der Waals surface area contributed by atoms with E-state index in [9.17, 15) is 4.79 Å². The van der Waals surface area contributed by atoms with Crippen molar-refractivity contribution in [1.82, 2.24) is 25.5 Å². The topological polar surface area (TPSA) is 81.9 Å². The van der Waals surface area contributed by atoms with Gasteiger partial charge in [0.15, 0.2) is 0 Å². The second-order valence-corrected chi connectivity index (χ2v) is 7.28. The van der Waals surface area contributed by atoms with Crippen molar-refractivity contribution in [2.24, 2.45) is 0 Å². The third-order valence-electron chi connectivity index (χ3n) is 4.33. The van der Waals surface area contributed by atoms with Crippen molar-refractivity contribution in [3.63, 3.8) is 0 Å². The van der Waals surface area contributed by atoms with Crippen molar-refractivity contribution in [3.8, 4) is 17.1 Å². The number of hydrogen-bond acceptors (Lipinski definition) is 6. The lowest BCUT2D eigenvalue weighted by molar-refractivity contribution is -0.122. The minimum atomic E-state index is -0.218. The highest BCUT2D eigenvalue weighted by Crippen LogP contribution is 2.26. The molecule has 0 saturated carbocycles. The number of nitrogens with one attached hydrogen (secondary N) is 1. The summed E-state index contributed by atoms with van der Waals surface area (Å²) in [6.45, 7) is -0.0221. The van der Waals surface area contributed by atoms with Gasteiger partial charge in [0, 0.05) is 10.4 Å². The van der Waals surface area contributed by atoms with Crippen molar-refractivity contribution in [2.45, 2.75) is 12.6 Å². The Morgan fingerprint density at radius 3 is 2.76 bits per heavy atom. The molecule has 1 N–H and O–H groups in total. The van der Waals surface area contributed by atoms with Gasteiger partial charge in [-0.15, -0.1) is 21.5 Å². The quantitative estimate of drug-likeness (QED) is 0.510. The summed E-state index contributed by atoms with van der Waals surface area (Å²) in [5, 5.41) is 17.4. The maximum Gasteiger partial charge on any atom is 0.244 e. The first-order valence-corrected chi connectivity index (χ1v) is 9.91. The highest BCUT2D eigenvalue weighted by molar-refractivity contribution is 7.10. The normalized spacial score (nSPS) is 11.8. The third-order valence-corrected chi connectivity index (χ3v) is 5.27. The molecule has 2 aromatic heterocycles. The first-order valence-electron chi connectivity index (χ1n) is 9.03. The molecule has 4 aromatic rings. The molecule has 0 aliphatic carbocycles. The SMILES string of the molecule is COc1cccc(-c2nnn(CC(=O)N[C@H](c3ccccc3)c3cccs3)n2)c1. The Bertz CT molecular complexity index is 1080. The summed E-state index contributed by atoms with van der Waals surface area (Å²) in [5.41, 5.74) is 1.80. The lowest BCUT2D eigenvalue weighted by Crippen LogP contribution is -2.32. The van der Waals surface area contributed by atoms with Gasteiger partial charge < -0.3 is 10.1 Å². The average Bonchev–Trinajstić information content (AvgIpc) is 3.45. The van der Waals surface area contributed by atoms with E-state index in [2.05, 4.69) is 20.7 Å². The number of thiophene rings is 1. The molecule has 0 bridgehead atoms. The summed E-state index contributed by atoms with van der Waals surface area (Å²) in [6.07, 6.45) is 0. The molecule has 0 saturated heterocycles. The summed E-state index contributed by atoms with van der Waals surface area (Å²) in [4.78, 5) is 15.0. The fraction of sp³-hybridized carbons (Fsp3) is 0.143. The molecule has 0 unspecified atom stereocenters. The summed E-state index contributed by atoms with van der Waals surface area (Å²) >= 11 is 1.60. The highest BCUT2D eigenvalue weighted by Gasteiger charge is 2.19. The van der Waals surface area contributed by atoms with E-state index in [4.69, 9.17) is 4.74 Å². The summed E-state index contributed by atoms with van der Waals surface area (Å²) in [5.74, 6) is 0.953. The van der Waals surface area contributed by atoms with Crippen LogP contribution in [0.4, 0.5) is 0 Å². The smallest absolute Gasteiger partial charge is 0.244 e. The van der Waals surface area contributed by atoms with Crippen molar-refractivity contribution in [1.29, 1.82) is 0 Å². The molecule has 1 atom stereocenters. The second kappa shape index (κ2) is 8.66. The Morgan fingerprint density at radius 1 is 1.14 bits per heavy atom. The molecule has 8 heteroatoms. The molecule has 0 aliphatic rings. The Balaban J connectivity index is 1.48. The Labute approximate surface area is 172 Å². The molecular formula is C21H19N5O2S. The van der Waals surface area contributed by atoms with E-state index in [-0.39, 0.29) is 18.5 Å². The number of rotatable bonds is 7. The van der Waals surface area contributed by atoms with Crippen LogP contribution < -0.4 is 10.1 Å². The van der Waals surface area contributed by atoms with E-state index >= 15 is 0 Å². The van der Waals surface area contributed by atoms with E-state index in [0.29, 0.717) is 11.6 Å². The first-order chi connectivity index (χ1) is 14.2. The molecule has 4 rings (SSSR count). The van der Waals surface area contributed by atoms with E-state index in [0.717, 1.165) is 16.0 Å². The first kappa shape index (κ1) is 18.8. The van der Waals surface area contributed by atoms with Gasteiger partial charge >= 0.3 is 0 Å². The van der Waals surface area contributed by atoms with Crippen molar-refractivity contribution in [2.75, 3.05) is 7.11 Å². The zero-order valence-corrected chi connectivity index (χ0v) is 16.5. The Hall–Kier alpha value is -3.52. The number of carbonyl (C=O) groups excluding carboxylic acids is 1. The van der Waals surface area contributed by atoms with Gasteiger partial charge in [-0.1, -0.05) is 48.5 Å². The number of aromatic nitrogens is 4. The molecule has 7 nitrogen and oxygen atoms in total. The molecule has 146 valence electrons. The van der Waals surface area contributed by atoms with Gasteiger partial charge in [0.2, 0.25) is 11.7 Å². The Kier molecular flexibility index (Phi) is 5.62. The van der Waals surface area contributed by atoms with Gasteiger partial charge in [0.25, 0.3) is 0 Å². The lowest BCUT2D eigenvalue weighted by atomic mass is 10.1. The van der Waals surface area contributed by atoms with Crippen LogP contribution in [-0.2, 0) is 11.3 Å². The number of tetrazole rings is 1. The minimum absolute atomic E-state index is 0.0221. The molecular weight excluding hydrogens is 386 g/mol. The van der Waals surface area contributed by atoms with Gasteiger partial charge in [-0.3, -0.25) is 4.79 Å². The van der Waals surface area contributed by atoms with Gasteiger partial charge in [0.05, 0.1) is 13.2 Å². The van der Waals surface area contributed by atoms with Crippen LogP contribution >= 0.6 is 11.3 Å². The molecule has 0 spiro atoms. The third kappa shape index (κ3) is 4.49. The van der Waals surface area contributed by atoms with Crippen LogP contribution in [0, 0.1) is 0 Å². The predicted molar refractivity (Wildman–Crippen MR) is 111 cm³/mol. The standard InChI is InChI=1S/C21H19N5O2S/c1-28-17-10-5-9-16(13-17)21-23-25-26(24-21)14-19(27)22-20(18-11-6-12-29-18)15-7-3-2-4-8-15/h2-13,20H,14H2,1H3,(H,22,27)/t20-/m1/s1. The fourth-order valence-corrected chi connectivity index (χ4v) is 3.75. The number of carbonyl (C=O) groups is 1. The summed E-state index contributed by atoms with van der Waals surface area (Å²) in [7, 11) is 1.60. The van der Waals surface area contributed by atoms with Gasteiger partial charge in [0.1, 0.15) is 12.3 Å². The van der Waals surface area contributed by atoms with Crippen LogP contribution in [0.1, 0.15) is 16.5 Å². The molecule has 2 heterocycles. The highest BCUT2D eigenvalue weighted by atomic mass is 32.1. The molecule has 1 amide bonds. The van der Waals surface area contributed by atoms with Crippen LogP contribution in [0.5, 0.6) is 5.75 Å². The van der Waals surface area contributed by atoms with Crippen LogP contribution in [0.25, 0.3) is 11.4 Å². The minimum Gasteiger partial charge on any atom is -0.497 e. The van der Waals surface area contributed by atoms with Crippen LogP contribution in [-0.4, -0.2) is 33.2 Å². The number of hydrogen-bond donors (Lipinski definition) is 1. The number of methoxy groups -OCH3 is 1. The van der Waals surface area contributed by atoms with Crippen LogP contribution in [0.3, 0.4) is 0 Å². The second-order valence-electron chi connectivity index (χ2n) is 6.30. The Morgan fingerprint density at radius 2 is 2.00 bits per heavy atom. The monoisotopic (exact) mass is 405 g/mol. The number of ether oxygens (including phenoxy) is 1. The van der Waals surface area contributed by atoms with Gasteiger partial charge in [-0.05, 0) is 34.4 Å². The molecule has 29 heavy (non-hydrogen) atoms. The largest absolute Gasteiger partial charge is 0.497 e. The van der Waals surface area contributed by atoms with Gasteiger partial charge in [-0.25, -0.2) is 0 Å². The maximum atomic E-state index is 12.7. The zero-order chi connectivity index (χ0) is 20.1. The van der Waals surface area contributed by atoms with Crippen molar-refractivity contribution in [3.05, 3.63) is 82.6 Å². The van der Waals surface area contributed by atoms with Gasteiger partial charge in [-0.2, -0.15) is 4.80 Å². The molecule has 0 fully saturated rings. The van der Waals surface area contributed by atoms with Crippen LogP contribution in [0.15, 0.2) is 72.1 Å². The molecule has 0 aliphatic heterocycles. The molecule has 2 aromatic carbocycles. The summed E-state index contributed by atoms with van der Waals surface area (Å²) < 4.78 is 5.22. The molecule has 0 radical (unpaired) electrons. The van der Waals surface area contributed by atoms with Crippen LogP contribution in [0.2, 0.25) is 0 Å². The van der Waals surface area contributed by atoms with Crippen molar-refractivity contribution < 1.29 is 9.53 Å². The summed E-state index contributed by atoms with van der Waals surface area (Å²) in [6, 6.07) is 21.0. The van der Waals surface area contributed by atoms with Crippen molar-refractivity contribution >= 4 is 17.2 Å². The number of benzene rings is 2. The predicted octanol–water partition coefficient (Wildman–Crippen LogP) is 3.32. The van der Waals surface area contributed by atoms with E-state index in [1.807, 2.05) is 72.1 Å². The maximum absolute atomic E-state index is 12.7. The fourth-order valence-electron chi connectivity index (χ4n) is 2.94. The van der Waals surface area contributed by atoms with E-state index < -0.39 is 0 Å². The van der Waals surface area contributed by atoms with E-state index in [1.54, 1.807) is 18.4 Å².